The molecule has 0 aliphatic heterocycles. The molecular formula is C13H16BrNS. The first-order valence-corrected chi connectivity index (χ1v) is 7.27. The highest BCUT2D eigenvalue weighted by Gasteiger charge is 2.06. The summed E-state index contributed by atoms with van der Waals surface area (Å²) in [6, 6.07) is 8.74. The fourth-order valence-corrected chi connectivity index (χ4v) is 2.93. The van der Waals surface area contributed by atoms with E-state index in [1.165, 1.54) is 16.6 Å². The zero-order valence-electron chi connectivity index (χ0n) is 9.83. The molecule has 0 amide bonds. The van der Waals surface area contributed by atoms with E-state index in [2.05, 4.69) is 65.7 Å². The molecule has 0 radical (unpaired) electrons. The summed E-state index contributed by atoms with van der Waals surface area (Å²) in [5.74, 6) is 1.08. The lowest BCUT2D eigenvalue weighted by Crippen LogP contribution is -1.96. The van der Waals surface area contributed by atoms with Crippen molar-refractivity contribution in [2.45, 2.75) is 24.9 Å². The summed E-state index contributed by atoms with van der Waals surface area (Å²) >= 11 is 5.50. The van der Waals surface area contributed by atoms with Gasteiger partial charge < -0.3 is 4.57 Å². The lowest BCUT2D eigenvalue weighted by atomic mass is 10.2. The summed E-state index contributed by atoms with van der Waals surface area (Å²) in [6.45, 7) is 4.48. The third-order valence-corrected chi connectivity index (χ3v) is 4.29. The Morgan fingerprint density at radius 3 is 2.75 bits per heavy atom. The Morgan fingerprint density at radius 1 is 1.31 bits per heavy atom. The molecule has 0 saturated heterocycles. The van der Waals surface area contributed by atoms with Crippen LogP contribution in [0.25, 0.3) is 10.9 Å². The van der Waals surface area contributed by atoms with Crippen LogP contribution in [0.3, 0.4) is 0 Å². The molecular weight excluding hydrogens is 282 g/mol. The molecule has 1 aromatic carbocycles. The Morgan fingerprint density at radius 2 is 2.06 bits per heavy atom. The zero-order valence-corrected chi connectivity index (χ0v) is 12.2. The van der Waals surface area contributed by atoms with Crippen molar-refractivity contribution in [3.8, 4) is 0 Å². The van der Waals surface area contributed by atoms with Crippen molar-refractivity contribution >= 4 is 38.6 Å². The Hall–Kier alpha value is -0.410. The highest BCUT2D eigenvalue weighted by atomic mass is 79.9. The second-order valence-electron chi connectivity index (χ2n) is 4.26. The molecule has 0 atom stereocenters. The monoisotopic (exact) mass is 297 g/mol. The first-order chi connectivity index (χ1) is 7.58. The van der Waals surface area contributed by atoms with E-state index in [0.717, 1.165) is 10.2 Å². The maximum atomic E-state index is 3.51. The van der Waals surface area contributed by atoms with Gasteiger partial charge in [-0.25, -0.2) is 0 Å². The lowest BCUT2D eigenvalue weighted by Gasteiger charge is -2.06. The Bertz CT molecular complexity index is 502. The predicted octanol–water partition coefficient (Wildman–Crippen LogP) is 4.58. The molecule has 0 spiro atoms. The summed E-state index contributed by atoms with van der Waals surface area (Å²) < 4.78 is 3.44. The Balaban J connectivity index is 2.36. The van der Waals surface area contributed by atoms with Crippen molar-refractivity contribution in [3.05, 3.63) is 34.4 Å². The van der Waals surface area contributed by atoms with Crippen LogP contribution < -0.4 is 0 Å². The molecule has 2 aromatic rings. The van der Waals surface area contributed by atoms with Gasteiger partial charge in [-0.1, -0.05) is 29.8 Å². The van der Waals surface area contributed by atoms with Gasteiger partial charge in [-0.2, -0.15) is 11.8 Å². The van der Waals surface area contributed by atoms with Crippen molar-refractivity contribution in [1.29, 1.82) is 0 Å². The third-order valence-electron chi connectivity index (χ3n) is 2.67. The van der Waals surface area contributed by atoms with E-state index in [4.69, 9.17) is 0 Å². The van der Waals surface area contributed by atoms with Gasteiger partial charge in [0.2, 0.25) is 0 Å². The molecule has 0 unspecified atom stereocenters. The molecule has 0 saturated carbocycles. The molecule has 0 aliphatic carbocycles. The average Bonchev–Trinajstić information content (AvgIpc) is 2.52. The van der Waals surface area contributed by atoms with Crippen molar-refractivity contribution in [3.63, 3.8) is 0 Å². The highest BCUT2D eigenvalue weighted by molar-refractivity contribution is 9.10. The molecule has 1 heterocycles. The van der Waals surface area contributed by atoms with E-state index < -0.39 is 0 Å². The van der Waals surface area contributed by atoms with Crippen molar-refractivity contribution in [1.82, 2.24) is 4.57 Å². The molecule has 0 fully saturated rings. The summed E-state index contributed by atoms with van der Waals surface area (Å²) in [5, 5.41) is 2.00. The predicted molar refractivity (Wildman–Crippen MR) is 77.1 cm³/mol. The van der Waals surface area contributed by atoms with Crippen LogP contribution in [0.15, 0.2) is 28.7 Å². The number of thioether (sulfide) groups is 1. The second kappa shape index (κ2) is 4.84. The topological polar surface area (TPSA) is 4.93 Å². The fourth-order valence-electron chi connectivity index (χ4n) is 1.77. The minimum Gasteiger partial charge on any atom is -0.347 e. The van der Waals surface area contributed by atoms with E-state index in [-0.39, 0.29) is 0 Å². The number of rotatable bonds is 3. The van der Waals surface area contributed by atoms with Gasteiger partial charge in [0.1, 0.15) is 0 Å². The molecule has 0 aliphatic rings. The largest absolute Gasteiger partial charge is 0.347 e. The molecule has 16 heavy (non-hydrogen) atoms. The zero-order chi connectivity index (χ0) is 11.7. The molecule has 0 N–H and O–H groups in total. The number of nitrogens with zero attached hydrogens (tertiary/aromatic N) is 1. The van der Waals surface area contributed by atoms with E-state index >= 15 is 0 Å². The second-order valence-corrected chi connectivity index (χ2v) is 6.74. The van der Waals surface area contributed by atoms with Gasteiger partial charge in [0, 0.05) is 33.9 Å². The minimum atomic E-state index is 0.685. The fraction of sp³-hybridized carbons (Fsp3) is 0.385. The first kappa shape index (κ1) is 12.1. The van der Waals surface area contributed by atoms with Gasteiger partial charge in [0.15, 0.2) is 0 Å². The smallest absolute Gasteiger partial charge is 0.0480 e. The van der Waals surface area contributed by atoms with Crippen LogP contribution in [-0.2, 0) is 12.8 Å². The number of hydrogen-bond donors (Lipinski definition) is 0. The van der Waals surface area contributed by atoms with Gasteiger partial charge in [-0.15, -0.1) is 0 Å². The maximum absolute atomic E-state index is 3.51. The van der Waals surface area contributed by atoms with Crippen LogP contribution in [0.2, 0.25) is 0 Å². The number of halogens is 1. The van der Waals surface area contributed by atoms with Crippen molar-refractivity contribution < 1.29 is 0 Å². The number of hydrogen-bond acceptors (Lipinski definition) is 1. The first-order valence-electron chi connectivity index (χ1n) is 5.43. The van der Waals surface area contributed by atoms with E-state index in [1.807, 2.05) is 11.8 Å². The van der Waals surface area contributed by atoms with E-state index in [9.17, 15) is 0 Å². The van der Waals surface area contributed by atoms with Crippen molar-refractivity contribution in [2.24, 2.45) is 7.05 Å². The van der Waals surface area contributed by atoms with Gasteiger partial charge in [-0.3, -0.25) is 0 Å². The molecule has 2 rings (SSSR count). The normalized spacial score (nSPS) is 11.6. The molecule has 1 aromatic heterocycles. The van der Waals surface area contributed by atoms with Crippen LogP contribution >= 0.6 is 27.7 Å². The minimum absolute atomic E-state index is 0.685. The molecule has 1 nitrogen and oxygen atoms in total. The Labute approximate surface area is 109 Å². The van der Waals surface area contributed by atoms with Gasteiger partial charge in [-0.05, 0) is 29.5 Å². The van der Waals surface area contributed by atoms with Gasteiger partial charge >= 0.3 is 0 Å². The van der Waals surface area contributed by atoms with Gasteiger partial charge in [0.25, 0.3) is 0 Å². The maximum Gasteiger partial charge on any atom is 0.0480 e. The number of benzene rings is 1. The average molecular weight is 298 g/mol. The van der Waals surface area contributed by atoms with Crippen LogP contribution in [0.5, 0.6) is 0 Å². The van der Waals surface area contributed by atoms with E-state index in [1.54, 1.807) is 0 Å². The summed E-state index contributed by atoms with van der Waals surface area (Å²) in [6.07, 6.45) is 0. The summed E-state index contributed by atoms with van der Waals surface area (Å²) in [7, 11) is 2.15. The SMILES string of the molecule is CC(C)SCc1cc2cc(Br)ccc2n1C. The van der Waals surface area contributed by atoms with Crippen LogP contribution in [0.1, 0.15) is 19.5 Å². The van der Waals surface area contributed by atoms with Gasteiger partial charge in [0.05, 0.1) is 0 Å². The summed E-state index contributed by atoms with van der Waals surface area (Å²) in [5.41, 5.74) is 2.70. The molecule has 86 valence electrons. The van der Waals surface area contributed by atoms with Crippen molar-refractivity contribution in [2.75, 3.05) is 0 Å². The highest BCUT2D eigenvalue weighted by Crippen LogP contribution is 2.26. The Kier molecular flexibility index (Phi) is 3.65. The van der Waals surface area contributed by atoms with Crippen LogP contribution in [0, 0.1) is 0 Å². The van der Waals surface area contributed by atoms with Crippen LogP contribution in [0.4, 0.5) is 0 Å². The molecule has 3 heteroatoms. The third kappa shape index (κ3) is 2.46. The number of aryl methyl sites for hydroxylation is 1. The summed E-state index contributed by atoms with van der Waals surface area (Å²) in [4.78, 5) is 0. The van der Waals surface area contributed by atoms with E-state index in [0.29, 0.717) is 5.25 Å². The molecule has 0 bridgehead atoms. The van der Waals surface area contributed by atoms with Crippen LogP contribution in [-0.4, -0.2) is 9.82 Å². The lowest BCUT2D eigenvalue weighted by molar-refractivity contribution is 0.907. The standard InChI is InChI=1S/C13H16BrNS/c1-9(2)16-8-12-7-10-6-11(14)4-5-13(10)15(12)3/h4-7,9H,8H2,1-3H3. The number of fused-ring (bicyclic) bond motifs is 1. The quantitative estimate of drug-likeness (QED) is 0.803. The number of aromatic nitrogens is 1.